The molecule has 0 N–H and O–H groups in total. The molecule has 2 heterocycles. The second kappa shape index (κ2) is 12.5. The van der Waals surface area contributed by atoms with Crippen LogP contribution in [0.2, 0.25) is 0 Å². The molecule has 1 aromatic heterocycles. The molecular formula is C32H29N3O7S. The highest BCUT2D eigenvalue weighted by atomic mass is 32.1. The second-order valence-corrected chi connectivity index (χ2v) is 10.8. The van der Waals surface area contributed by atoms with Crippen molar-refractivity contribution in [1.82, 2.24) is 4.57 Å². The number of rotatable bonds is 9. The van der Waals surface area contributed by atoms with Crippen molar-refractivity contribution in [2.24, 2.45) is 4.99 Å². The number of esters is 1. The molecule has 10 nitrogen and oxygen atoms in total. The van der Waals surface area contributed by atoms with Crippen LogP contribution in [0.5, 0.6) is 11.5 Å². The summed E-state index contributed by atoms with van der Waals surface area (Å²) in [6.45, 7) is 5.86. The minimum absolute atomic E-state index is 0.00780. The summed E-state index contributed by atoms with van der Waals surface area (Å²) >= 11 is 1.24. The Bertz CT molecular complexity index is 1910. The zero-order valence-electron chi connectivity index (χ0n) is 24.0. The van der Waals surface area contributed by atoms with E-state index in [9.17, 15) is 19.7 Å². The lowest BCUT2D eigenvalue weighted by atomic mass is 9.95. The monoisotopic (exact) mass is 599 g/mol. The van der Waals surface area contributed by atoms with Crippen molar-refractivity contribution >= 4 is 29.1 Å². The lowest BCUT2D eigenvalue weighted by molar-refractivity contribution is -0.384. The number of allylic oxidation sites excluding steroid dienone is 1. The van der Waals surface area contributed by atoms with E-state index < -0.39 is 16.9 Å². The zero-order chi connectivity index (χ0) is 30.7. The van der Waals surface area contributed by atoms with Crippen molar-refractivity contribution in [3.63, 3.8) is 0 Å². The zero-order valence-corrected chi connectivity index (χ0v) is 24.8. The van der Waals surface area contributed by atoms with E-state index in [-0.39, 0.29) is 24.5 Å². The molecule has 0 aliphatic carbocycles. The number of carbonyl (C=O) groups is 1. The number of aryl methyl sites for hydroxylation is 1. The SMILES string of the molecule is CCOC(=O)C1=C(C)N=c2s/c(=C\c3ccc(OCc4ccc([N+](=O)[O-])cc4)c(OC)c3)c(=O)n2[C@@H]1c1ccc(C)cc1. The van der Waals surface area contributed by atoms with Gasteiger partial charge in [0.1, 0.15) is 6.61 Å². The first-order valence-electron chi connectivity index (χ1n) is 13.5. The van der Waals surface area contributed by atoms with Crippen LogP contribution >= 0.6 is 11.3 Å². The van der Waals surface area contributed by atoms with E-state index in [1.54, 1.807) is 54.8 Å². The maximum atomic E-state index is 13.9. The molecule has 0 amide bonds. The molecule has 5 rings (SSSR count). The number of fused-ring (bicyclic) bond motifs is 1. The van der Waals surface area contributed by atoms with Crippen LogP contribution in [0.3, 0.4) is 0 Å². The third-order valence-corrected chi connectivity index (χ3v) is 7.92. The lowest BCUT2D eigenvalue weighted by Crippen LogP contribution is -2.39. The molecule has 1 atom stereocenters. The molecule has 0 saturated heterocycles. The first-order chi connectivity index (χ1) is 20.7. The standard InChI is InChI=1S/C32H29N3O7S/c1-5-41-31(37)28-20(3)33-32-34(29(28)23-11-6-19(2)7-12-23)30(36)27(43-32)17-22-10-15-25(26(16-22)40-4)42-18-21-8-13-24(14-9-21)35(38)39/h6-17,29H,5,18H2,1-4H3/b27-17-/t29-/m1/s1. The van der Waals surface area contributed by atoms with Gasteiger partial charge >= 0.3 is 5.97 Å². The quantitative estimate of drug-likeness (QED) is 0.157. The number of hydrogen-bond donors (Lipinski definition) is 0. The number of non-ortho nitro benzene ring substituents is 1. The Morgan fingerprint density at radius 3 is 2.44 bits per heavy atom. The molecule has 0 fully saturated rings. The Labute approximate surface area is 251 Å². The Hall–Kier alpha value is -5.03. The number of nitro groups is 1. The Morgan fingerprint density at radius 2 is 1.79 bits per heavy atom. The third kappa shape index (κ3) is 6.12. The molecule has 43 heavy (non-hydrogen) atoms. The summed E-state index contributed by atoms with van der Waals surface area (Å²) < 4.78 is 18.8. The number of aromatic nitrogens is 1. The van der Waals surface area contributed by atoms with Crippen molar-refractivity contribution in [3.05, 3.63) is 130 Å². The van der Waals surface area contributed by atoms with E-state index in [4.69, 9.17) is 14.2 Å². The van der Waals surface area contributed by atoms with Gasteiger partial charge in [-0.05, 0) is 67.8 Å². The fourth-order valence-electron chi connectivity index (χ4n) is 4.78. The Kier molecular flexibility index (Phi) is 8.53. The average Bonchev–Trinajstić information content (AvgIpc) is 3.30. The number of thiazole rings is 1. The summed E-state index contributed by atoms with van der Waals surface area (Å²) in [7, 11) is 1.52. The summed E-state index contributed by atoms with van der Waals surface area (Å²) in [5, 5.41) is 10.9. The number of carbonyl (C=O) groups excluding carboxylic acids is 1. The van der Waals surface area contributed by atoms with Gasteiger partial charge in [-0.25, -0.2) is 9.79 Å². The van der Waals surface area contributed by atoms with E-state index in [0.717, 1.165) is 16.7 Å². The van der Waals surface area contributed by atoms with Gasteiger partial charge in [0.2, 0.25) is 0 Å². The first kappa shape index (κ1) is 29.5. The highest BCUT2D eigenvalue weighted by Crippen LogP contribution is 2.31. The van der Waals surface area contributed by atoms with Gasteiger partial charge in [-0.2, -0.15) is 0 Å². The molecular weight excluding hydrogens is 570 g/mol. The van der Waals surface area contributed by atoms with E-state index in [1.165, 1.54) is 30.6 Å². The highest BCUT2D eigenvalue weighted by molar-refractivity contribution is 7.07. The molecule has 0 saturated carbocycles. The Morgan fingerprint density at radius 1 is 1.07 bits per heavy atom. The number of benzene rings is 3. The minimum Gasteiger partial charge on any atom is -0.493 e. The van der Waals surface area contributed by atoms with Crippen molar-refractivity contribution in [2.45, 2.75) is 33.4 Å². The van der Waals surface area contributed by atoms with Crippen molar-refractivity contribution in [1.29, 1.82) is 0 Å². The number of nitrogens with zero attached hydrogens (tertiary/aromatic N) is 3. The third-order valence-electron chi connectivity index (χ3n) is 6.94. The average molecular weight is 600 g/mol. The lowest BCUT2D eigenvalue weighted by Gasteiger charge is -2.24. The van der Waals surface area contributed by atoms with Gasteiger partial charge in [-0.3, -0.25) is 19.5 Å². The van der Waals surface area contributed by atoms with Crippen molar-refractivity contribution < 1.29 is 23.9 Å². The van der Waals surface area contributed by atoms with Gasteiger partial charge in [0.05, 0.1) is 40.5 Å². The normalized spacial score (nSPS) is 14.6. The first-order valence-corrected chi connectivity index (χ1v) is 14.3. The molecule has 0 spiro atoms. The number of ether oxygens (including phenoxy) is 3. The van der Waals surface area contributed by atoms with Crippen LogP contribution in [-0.2, 0) is 16.1 Å². The maximum absolute atomic E-state index is 13.9. The molecule has 1 aliphatic rings. The van der Waals surface area contributed by atoms with Crippen LogP contribution in [0, 0.1) is 17.0 Å². The van der Waals surface area contributed by atoms with Gasteiger partial charge in [-0.15, -0.1) is 0 Å². The van der Waals surface area contributed by atoms with Crippen molar-refractivity contribution in [3.8, 4) is 11.5 Å². The van der Waals surface area contributed by atoms with Gasteiger partial charge in [0.15, 0.2) is 16.3 Å². The predicted octanol–water partition coefficient (Wildman–Crippen LogP) is 4.60. The maximum Gasteiger partial charge on any atom is 0.338 e. The number of hydrogen-bond acceptors (Lipinski definition) is 9. The highest BCUT2D eigenvalue weighted by Gasteiger charge is 2.33. The fraction of sp³-hybridized carbons (Fsp3) is 0.219. The molecule has 4 aromatic rings. The van der Waals surface area contributed by atoms with E-state index in [2.05, 4.69) is 4.99 Å². The summed E-state index contributed by atoms with van der Waals surface area (Å²) in [6.07, 6.45) is 1.75. The van der Waals surface area contributed by atoms with Crippen LogP contribution in [-0.4, -0.2) is 29.2 Å². The topological polar surface area (TPSA) is 122 Å². The smallest absolute Gasteiger partial charge is 0.338 e. The Balaban J connectivity index is 1.50. The largest absolute Gasteiger partial charge is 0.493 e. The fourth-order valence-corrected chi connectivity index (χ4v) is 5.82. The summed E-state index contributed by atoms with van der Waals surface area (Å²) in [5.41, 5.74) is 3.88. The molecule has 0 unspecified atom stereocenters. The van der Waals surface area contributed by atoms with Crippen molar-refractivity contribution in [2.75, 3.05) is 13.7 Å². The van der Waals surface area contributed by atoms with Gasteiger partial charge in [0, 0.05) is 12.1 Å². The number of methoxy groups -OCH3 is 1. The summed E-state index contributed by atoms with van der Waals surface area (Å²) in [4.78, 5) is 42.5. The summed E-state index contributed by atoms with van der Waals surface area (Å²) in [6, 6.07) is 18.5. The molecule has 3 aromatic carbocycles. The van der Waals surface area contributed by atoms with Gasteiger partial charge < -0.3 is 14.2 Å². The molecule has 220 valence electrons. The predicted molar refractivity (Wildman–Crippen MR) is 162 cm³/mol. The van der Waals surface area contributed by atoms with Crippen LogP contribution in [0.4, 0.5) is 5.69 Å². The molecule has 1 aliphatic heterocycles. The molecule has 0 radical (unpaired) electrons. The second-order valence-electron chi connectivity index (χ2n) is 9.84. The van der Waals surface area contributed by atoms with Crippen LogP contribution < -0.4 is 24.4 Å². The van der Waals surface area contributed by atoms with Crippen LogP contribution in [0.1, 0.15) is 42.1 Å². The van der Waals surface area contributed by atoms with Gasteiger partial charge in [0.25, 0.3) is 11.2 Å². The van der Waals surface area contributed by atoms with E-state index in [1.807, 2.05) is 31.2 Å². The molecule has 11 heteroatoms. The van der Waals surface area contributed by atoms with E-state index >= 15 is 0 Å². The van der Waals surface area contributed by atoms with Crippen LogP contribution in [0.25, 0.3) is 6.08 Å². The van der Waals surface area contributed by atoms with Crippen LogP contribution in [0.15, 0.2) is 87.8 Å². The van der Waals surface area contributed by atoms with E-state index in [0.29, 0.717) is 37.7 Å². The summed E-state index contributed by atoms with van der Waals surface area (Å²) in [5.74, 6) is 0.438. The number of nitro benzene ring substituents is 1. The molecule has 0 bridgehead atoms. The minimum atomic E-state index is -0.678. The van der Waals surface area contributed by atoms with Gasteiger partial charge in [-0.1, -0.05) is 47.2 Å².